The Morgan fingerprint density at radius 2 is 2.05 bits per heavy atom. The van der Waals surface area contributed by atoms with Gasteiger partial charge >= 0.3 is 0 Å². The third-order valence-corrected chi connectivity index (χ3v) is 4.20. The number of carbonyl (C=O) groups excluding carboxylic acids is 2. The summed E-state index contributed by atoms with van der Waals surface area (Å²) >= 11 is 0. The number of rotatable bonds is 3. The lowest BCUT2D eigenvalue weighted by Crippen LogP contribution is -2.49. The molecule has 0 saturated carbocycles. The second-order valence-electron chi connectivity index (χ2n) is 6.34. The number of nitrogens with zero attached hydrogens (tertiary/aromatic N) is 3. The van der Waals surface area contributed by atoms with E-state index in [1.807, 2.05) is 19.0 Å². The monoisotopic (exact) mass is 283 g/mol. The minimum atomic E-state index is -0.821. The molecule has 6 heteroatoms. The van der Waals surface area contributed by atoms with Gasteiger partial charge in [0, 0.05) is 26.6 Å². The molecule has 2 atom stereocenters. The summed E-state index contributed by atoms with van der Waals surface area (Å²) in [6.07, 6.45) is 2.22. The van der Waals surface area contributed by atoms with Gasteiger partial charge < -0.3 is 19.8 Å². The van der Waals surface area contributed by atoms with Gasteiger partial charge in [0.15, 0.2) is 0 Å². The van der Waals surface area contributed by atoms with Crippen molar-refractivity contribution in [3.8, 4) is 0 Å². The molecule has 0 bridgehead atoms. The molecule has 2 fully saturated rings. The Balaban J connectivity index is 1.99. The van der Waals surface area contributed by atoms with E-state index in [4.69, 9.17) is 0 Å². The van der Waals surface area contributed by atoms with E-state index in [1.54, 1.807) is 9.80 Å². The SMILES string of the molecule is CC(=O)N1CCC[C@H]1C(=O)N1CC[C@@](O)(CN(C)C)C1. The Morgan fingerprint density at radius 1 is 1.35 bits per heavy atom. The standard InChI is InChI=1S/C14H25N3O3/c1-11(18)17-7-4-5-12(17)13(19)16-8-6-14(20,10-16)9-15(2)3/h12,20H,4-10H2,1-3H3/t12-,14+/m0/s1. The summed E-state index contributed by atoms with van der Waals surface area (Å²) < 4.78 is 0. The van der Waals surface area contributed by atoms with Crippen LogP contribution in [0.25, 0.3) is 0 Å². The van der Waals surface area contributed by atoms with Crippen molar-refractivity contribution in [2.24, 2.45) is 0 Å². The first kappa shape index (κ1) is 15.3. The van der Waals surface area contributed by atoms with Crippen LogP contribution in [0, 0.1) is 0 Å². The van der Waals surface area contributed by atoms with Crippen LogP contribution in [0.5, 0.6) is 0 Å². The smallest absolute Gasteiger partial charge is 0.245 e. The Bertz CT molecular complexity index is 399. The van der Waals surface area contributed by atoms with Gasteiger partial charge in [0.2, 0.25) is 11.8 Å². The van der Waals surface area contributed by atoms with E-state index >= 15 is 0 Å². The topological polar surface area (TPSA) is 64.1 Å². The fourth-order valence-electron chi connectivity index (χ4n) is 3.37. The van der Waals surface area contributed by atoms with E-state index in [9.17, 15) is 14.7 Å². The third-order valence-electron chi connectivity index (χ3n) is 4.20. The van der Waals surface area contributed by atoms with Crippen molar-refractivity contribution in [3.05, 3.63) is 0 Å². The molecule has 2 aliphatic heterocycles. The van der Waals surface area contributed by atoms with Crippen molar-refractivity contribution in [2.75, 3.05) is 40.3 Å². The first-order chi connectivity index (χ1) is 9.32. The lowest BCUT2D eigenvalue weighted by Gasteiger charge is -2.29. The number of amides is 2. The van der Waals surface area contributed by atoms with Crippen molar-refractivity contribution >= 4 is 11.8 Å². The normalized spacial score (nSPS) is 30.4. The summed E-state index contributed by atoms with van der Waals surface area (Å²) in [7, 11) is 3.83. The van der Waals surface area contributed by atoms with Crippen molar-refractivity contribution in [2.45, 2.75) is 37.8 Å². The Labute approximate surface area is 120 Å². The largest absolute Gasteiger partial charge is 0.387 e. The lowest BCUT2D eigenvalue weighted by molar-refractivity contribution is -0.142. The summed E-state index contributed by atoms with van der Waals surface area (Å²) in [5.41, 5.74) is -0.821. The molecule has 0 aromatic rings. The zero-order valence-corrected chi connectivity index (χ0v) is 12.6. The van der Waals surface area contributed by atoms with Crippen LogP contribution in [0.15, 0.2) is 0 Å². The molecule has 114 valence electrons. The van der Waals surface area contributed by atoms with Gasteiger partial charge in [0.1, 0.15) is 6.04 Å². The van der Waals surface area contributed by atoms with Gasteiger partial charge in [0.05, 0.1) is 12.1 Å². The van der Waals surface area contributed by atoms with Gasteiger partial charge in [-0.1, -0.05) is 0 Å². The number of carbonyl (C=O) groups is 2. The van der Waals surface area contributed by atoms with Gasteiger partial charge in [-0.15, -0.1) is 0 Å². The van der Waals surface area contributed by atoms with Gasteiger partial charge in [-0.05, 0) is 33.4 Å². The summed E-state index contributed by atoms with van der Waals surface area (Å²) in [6, 6.07) is -0.325. The average Bonchev–Trinajstić information content (AvgIpc) is 2.93. The van der Waals surface area contributed by atoms with Crippen LogP contribution >= 0.6 is 0 Å². The number of hydrogen-bond donors (Lipinski definition) is 1. The molecule has 2 rings (SSSR count). The highest BCUT2D eigenvalue weighted by Gasteiger charge is 2.42. The van der Waals surface area contributed by atoms with Crippen molar-refractivity contribution in [3.63, 3.8) is 0 Å². The molecule has 0 aromatic carbocycles. The highest BCUT2D eigenvalue weighted by atomic mass is 16.3. The first-order valence-electron chi connectivity index (χ1n) is 7.25. The molecule has 6 nitrogen and oxygen atoms in total. The van der Waals surface area contributed by atoms with Gasteiger partial charge in [-0.3, -0.25) is 9.59 Å². The van der Waals surface area contributed by atoms with Gasteiger partial charge in [0.25, 0.3) is 0 Å². The molecule has 2 aliphatic rings. The molecule has 2 amide bonds. The molecule has 0 aliphatic carbocycles. The van der Waals surface area contributed by atoms with Crippen LogP contribution in [0.2, 0.25) is 0 Å². The van der Waals surface area contributed by atoms with E-state index in [-0.39, 0.29) is 17.9 Å². The van der Waals surface area contributed by atoms with E-state index in [1.165, 1.54) is 6.92 Å². The first-order valence-corrected chi connectivity index (χ1v) is 7.25. The molecular weight excluding hydrogens is 258 g/mol. The van der Waals surface area contributed by atoms with Crippen LogP contribution in [0.3, 0.4) is 0 Å². The van der Waals surface area contributed by atoms with Crippen LogP contribution < -0.4 is 0 Å². The number of hydrogen-bond acceptors (Lipinski definition) is 4. The zero-order chi connectivity index (χ0) is 14.9. The van der Waals surface area contributed by atoms with Crippen molar-refractivity contribution in [1.82, 2.24) is 14.7 Å². The minimum Gasteiger partial charge on any atom is -0.387 e. The van der Waals surface area contributed by atoms with E-state index in [2.05, 4.69) is 0 Å². The second kappa shape index (κ2) is 5.69. The highest BCUT2D eigenvalue weighted by molar-refractivity contribution is 5.87. The second-order valence-corrected chi connectivity index (χ2v) is 6.34. The summed E-state index contributed by atoms with van der Waals surface area (Å²) in [5.74, 6) is -0.0454. The third kappa shape index (κ3) is 3.12. The molecule has 0 radical (unpaired) electrons. The predicted octanol–water partition coefficient (Wildman–Crippen LogP) is -0.478. The Hall–Kier alpha value is -1.14. The Kier molecular flexibility index (Phi) is 4.34. The fraction of sp³-hybridized carbons (Fsp3) is 0.857. The van der Waals surface area contributed by atoms with E-state index in [0.29, 0.717) is 32.6 Å². The summed E-state index contributed by atoms with van der Waals surface area (Å²) in [4.78, 5) is 29.4. The van der Waals surface area contributed by atoms with E-state index in [0.717, 1.165) is 12.8 Å². The molecule has 20 heavy (non-hydrogen) atoms. The number of aliphatic hydroxyl groups is 1. The zero-order valence-electron chi connectivity index (χ0n) is 12.6. The number of β-amino-alcohol motifs (C(OH)–C–C–N with tert-alkyl or cyclic N) is 1. The lowest BCUT2D eigenvalue weighted by atomic mass is 10.0. The van der Waals surface area contributed by atoms with Crippen LogP contribution in [0.1, 0.15) is 26.2 Å². The summed E-state index contributed by atoms with van der Waals surface area (Å²) in [5, 5.41) is 10.5. The molecule has 2 saturated heterocycles. The maximum absolute atomic E-state index is 12.5. The highest BCUT2D eigenvalue weighted by Crippen LogP contribution is 2.26. The Morgan fingerprint density at radius 3 is 2.65 bits per heavy atom. The van der Waals surface area contributed by atoms with Gasteiger partial charge in [-0.25, -0.2) is 0 Å². The quantitative estimate of drug-likeness (QED) is 0.760. The van der Waals surface area contributed by atoms with E-state index < -0.39 is 5.60 Å². The van der Waals surface area contributed by atoms with Gasteiger partial charge in [-0.2, -0.15) is 0 Å². The van der Waals surface area contributed by atoms with Crippen molar-refractivity contribution in [1.29, 1.82) is 0 Å². The molecule has 1 N–H and O–H groups in total. The summed E-state index contributed by atoms with van der Waals surface area (Å²) in [6.45, 7) is 3.68. The molecule has 0 unspecified atom stereocenters. The maximum atomic E-state index is 12.5. The van der Waals surface area contributed by atoms with Crippen LogP contribution in [-0.4, -0.2) is 83.5 Å². The predicted molar refractivity (Wildman–Crippen MR) is 75.1 cm³/mol. The molecular formula is C14H25N3O3. The van der Waals surface area contributed by atoms with Crippen LogP contribution in [-0.2, 0) is 9.59 Å². The maximum Gasteiger partial charge on any atom is 0.245 e. The fourth-order valence-corrected chi connectivity index (χ4v) is 3.37. The molecule has 2 heterocycles. The molecule has 0 spiro atoms. The number of likely N-dealkylation sites (N-methyl/N-ethyl adjacent to an activating group) is 1. The minimum absolute atomic E-state index is 0.00705. The molecule has 0 aromatic heterocycles. The number of likely N-dealkylation sites (tertiary alicyclic amines) is 2. The van der Waals surface area contributed by atoms with Crippen molar-refractivity contribution < 1.29 is 14.7 Å². The van der Waals surface area contributed by atoms with Crippen LogP contribution in [0.4, 0.5) is 0 Å². The average molecular weight is 283 g/mol.